The minimum atomic E-state index is -1.23. The molecule has 19 heavy (non-hydrogen) atoms. The SMILES string of the molecule is CC(C)C(=O)NCCNC(=O)c1ccc(C(=O)O)o1. The van der Waals surface area contributed by atoms with E-state index in [2.05, 4.69) is 10.6 Å². The van der Waals surface area contributed by atoms with Gasteiger partial charge in [0, 0.05) is 19.0 Å². The number of aromatic carboxylic acids is 1. The molecule has 0 aromatic carbocycles. The van der Waals surface area contributed by atoms with Crippen molar-refractivity contribution in [3.63, 3.8) is 0 Å². The number of carboxylic acid groups (broad SMARTS) is 1. The highest BCUT2D eigenvalue weighted by atomic mass is 16.4. The fraction of sp³-hybridized carbons (Fsp3) is 0.417. The van der Waals surface area contributed by atoms with Gasteiger partial charge in [0.15, 0.2) is 5.76 Å². The predicted molar refractivity (Wildman–Crippen MR) is 65.8 cm³/mol. The minimum absolute atomic E-state index is 0.0763. The van der Waals surface area contributed by atoms with Gasteiger partial charge in [0.2, 0.25) is 11.7 Å². The van der Waals surface area contributed by atoms with Crippen LogP contribution < -0.4 is 10.6 Å². The molecule has 0 aliphatic heterocycles. The van der Waals surface area contributed by atoms with Crippen LogP contribution in [0.5, 0.6) is 0 Å². The van der Waals surface area contributed by atoms with Gasteiger partial charge in [-0.1, -0.05) is 13.8 Å². The number of furan rings is 1. The second-order valence-electron chi connectivity index (χ2n) is 4.17. The summed E-state index contributed by atoms with van der Waals surface area (Å²) in [5, 5.41) is 13.8. The van der Waals surface area contributed by atoms with Gasteiger partial charge in [-0.15, -0.1) is 0 Å². The van der Waals surface area contributed by atoms with Gasteiger partial charge in [-0.05, 0) is 12.1 Å². The molecule has 3 N–H and O–H groups in total. The second kappa shape index (κ2) is 6.58. The van der Waals surface area contributed by atoms with E-state index in [4.69, 9.17) is 9.52 Å². The predicted octanol–water partition coefficient (Wildman–Crippen LogP) is 0.480. The largest absolute Gasteiger partial charge is 0.475 e. The molecule has 104 valence electrons. The van der Waals surface area contributed by atoms with E-state index in [1.54, 1.807) is 13.8 Å². The summed E-state index contributed by atoms with van der Waals surface area (Å²) in [5.74, 6) is -2.33. The summed E-state index contributed by atoms with van der Waals surface area (Å²) in [6.07, 6.45) is 0. The number of nitrogens with one attached hydrogen (secondary N) is 2. The maximum atomic E-state index is 11.5. The molecule has 1 heterocycles. The molecule has 7 nitrogen and oxygen atoms in total. The summed E-state index contributed by atoms with van der Waals surface area (Å²) < 4.78 is 4.82. The van der Waals surface area contributed by atoms with Crippen LogP contribution in [-0.2, 0) is 4.79 Å². The Bertz CT molecular complexity index is 478. The summed E-state index contributed by atoms with van der Waals surface area (Å²) in [6.45, 7) is 4.07. The Balaban J connectivity index is 2.35. The van der Waals surface area contributed by atoms with Gasteiger partial charge in [0.25, 0.3) is 5.91 Å². The van der Waals surface area contributed by atoms with Crippen molar-refractivity contribution in [2.24, 2.45) is 5.92 Å². The molecule has 0 atom stereocenters. The molecule has 0 saturated carbocycles. The van der Waals surface area contributed by atoms with E-state index >= 15 is 0 Å². The zero-order valence-electron chi connectivity index (χ0n) is 10.7. The summed E-state index contributed by atoms with van der Waals surface area (Å²) in [4.78, 5) is 33.3. The zero-order valence-corrected chi connectivity index (χ0v) is 10.7. The summed E-state index contributed by atoms with van der Waals surface area (Å²) in [7, 11) is 0. The minimum Gasteiger partial charge on any atom is -0.475 e. The standard InChI is InChI=1S/C12H16N2O5/c1-7(2)10(15)13-5-6-14-11(16)8-3-4-9(19-8)12(17)18/h3-4,7H,5-6H2,1-2H3,(H,13,15)(H,14,16)(H,17,18). The van der Waals surface area contributed by atoms with Crippen LogP contribution in [0.1, 0.15) is 35.0 Å². The first-order valence-corrected chi connectivity index (χ1v) is 5.81. The highest BCUT2D eigenvalue weighted by Crippen LogP contribution is 2.07. The Morgan fingerprint density at radius 3 is 2.26 bits per heavy atom. The number of hydrogen-bond acceptors (Lipinski definition) is 4. The van der Waals surface area contributed by atoms with Crippen LogP contribution in [0.3, 0.4) is 0 Å². The molecule has 0 bridgehead atoms. The van der Waals surface area contributed by atoms with Crippen LogP contribution in [0, 0.1) is 5.92 Å². The van der Waals surface area contributed by atoms with Gasteiger partial charge < -0.3 is 20.2 Å². The fourth-order valence-corrected chi connectivity index (χ4v) is 1.23. The highest BCUT2D eigenvalue weighted by Gasteiger charge is 2.14. The lowest BCUT2D eigenvalue weighted by Gasteiger charge is -2.07. The average molecular weight is 268 g/mol. The van der Waals surface area contributed by atoms with Crippen molar-refractivity contribution in [1.82, 2.24) is 10.6 Å². The first kappa shape index (κ1) is 14.7. The van der Waals surface area contributed by atoms with Crippen LogP contribution in [0.2, 0.25) is 0 Å². The first-order valence-electron chi connectivity index (χ1n) is 5.81. The molecule has 0 aliphatic carbocycles. The van der Waals surface area contributed by atoms with Crippen LogP contribution >= 0.6 is 0 Å². The number of carbonyl (C=O) groups is 3. The Kier molecular flexibility index (Phi) is 5.11. The van der Waals surface area contributed by atoms with Gasteiger partial charge in [-0.3, -0.25) is 9.59 Å². The zero-order chi connectivity index (χ0) is 14.4. The molecule has 2 amide bonds. The topological polar surface area (TPSA) is 109 Å². The smallest absolute Gasteiger partial charge is 0.371 e. The molecule has 0 aliphatic rings. The lowest BCUT2D eigenvalue weighted by atomic mass is 10.2. The molecule has 1 aromatic rings. The molecule has 0 spiro atoms. The van der Waals surface area contributed by atoms with E-state index < -0.39 is 11.9 Å². The number of carbonyl (C=O) groups excluding carboxylic acids is 2. The maximum Gasteiger partial charge on any atom is 0.371 e. The van der Waals surface area contributed by atoms with E-state index in [-0.39, 0.29) is 29.9 Å². The Hall–Kier alpha value is -2.31. The van der Waals surface area contributed by atoms with E-state index in [9.17, 15) is 14.4 Å². The molecular weight excluding hydrogens is 252 g/mol. The quantitative estimate of drug-likeness (QED) is 0.650. The van der Waals surface area contributed by atoms with E-state index in [1.807, 2.05) is 0 Å². The van der Waals surface area contributed by atoms with Gasteiger partial charge in [0.05, 0.1) is 0 Å². The summed E-state index contributed by atoms with van der Waals surface area (Å²) in [5.41, 5.74) is 0. The first-order chi connectivity index (χ1) is 8.91. The summed E-state index contributed by atoms with van der Waals surface area (Å²) >= 11 is 0. The van der Waals surface area contributed by atoms with Gasteiger partial charge >= 0.3 is 5.97 Å². The van der Waals surface area contributed by atoms with Gasteiger partial charge in [-0.25, -0.2) is 4.79 Å². The molecule has 0 fully saturated rings. The number of amides is 2. The normalized spacial score (nSPS) is 10.3. The number of rotatable bonds is 6. The lowest BCUT2D eigenvalue weighted by molar-refractivity contribution is -0.123. The summed E-state index contributed by atoms with van der Waals surface area (Å²) in [6, 6.07) is 2.49. The highest BCUT2D eigenvalue weighted by molar-refractivity contribution is 5.93. The van der Waals surface area contributed by atoms with Crippen molar-refractivity contribution in [3.05, 3.63) is 23.7 Å². The van der Waals surface area contributed by atoms with E-state index in [0.29, 0.717) is 6.54 Å². The van der Waals surface area contributed by atoms with Crippen LogP contribution in [0.15, 0.2) is 16.5 Å². The van der Waals surface area contributed by atoms with Crippen molar-refractivity contribution in [3.8, 4) is 0 Å². The third kappa shape index (κ3) is 4.46. The van der Waals surface area contributed by atoms with Crippen molar-refractivity contribution in [2.75, 3.05) is 13.1 Å². The number of hydrogen-bond donors (Lipinski definition) is 3. The Labute approximate surface area is 110 Å². The van der Waals surface area contributed by atoms with Gasteiger partial charge in [0.1, 0.15) is 0 Å². The third-order valence-electron chi connectivity index (χ3n) is 2.27. The van der Waals surface area contributed by atoms with Crippen molar-refractivity contribution in [2.45, 2.75) is 13.8 Å². The maximum absolute atomic E-state index is 11.5. The van der Waals surface area contributed by atoms with Crippen molar-refractivity contribution in [1.29, 1.82) is 0 Å². The van der Waals surface area contributed by atoms with E-state index in [1.165, 1.54) is 12.1 Å². The number of carboxylic acids is 1. The molecule has 1 rings (SSSR count). The lowest BCUT2D eigenvalue weighted by Crippen LogP contribution is -2.36. The molecular formula is C12H16N2O5. The Morgan fingerprint density at radius 2 is 1.74 bits per heavy atom. The van der Waals surface area contributed by atoms with Crippen molar-refractivity contribution < 1.29 is 23.9 Å². The molecule has 0 radical (unpaired) electrons. The fourth-order valence-electron chi connectivity index (χ4n) is 1.23. The average Bonchev–Trinajstić information content (AvgIpc) is 2.83. The van der Waals surface area contributed by atoms with Gasteiger partial charge in [-0.2, -0.15) is 0 Å². The van der Waals surface area contributed by atoms with Crippen LogP contribution in [-0.4, -0.2) is 36.0 Å². The second-order valence-corrected chi connectivity index (χ2v) is 4.17. The third-order valence-corrected chi connectivity index (χ3v) is 2.27. The molecule has 1 aromatic heterocycles. The molecule has 0 saturated heterocycles. The monoisotopic (exact) mass is 268 g/mol. The molecule has 7 heteroatoms. The van der Waals surface area contributed by atoms with Crippen molar-refractivity contribution >= 4 is 17.8 Å². The molecule has 0 unspecified atom stereocenters. The van der Waals surface area contributed by atoms with E-state index in [0.717, 1.165) is 0 Å². The Morgan fingerprint density at radius 1 is 1.16 bits per heavy atom. The van der Waals surface area contributed by atoms with Crippen LogP contribution in [0.25, 0.3) is 0 Å². The van der Waals surface area contributed by atoms with Crippen LogP contribution in [0.4, 0.5) is 0 Å².